The molecule has 1 N–H and O–H groups in total. The summed E-state index contributed by atoms with van der Waals surface area (Å²) in [4.78, 5) is 2.52. The SMILES string of the molecule is CCNCc1ccc(CN2CCCCCC2)o1. The molecule has 1 aliphatic heterocycles. The first-order valence-electron chi connectivity index (χ1n) is 6.89. The highest BCUT2D eigenvalue weighted by Gasteiger charge is 2.11. The van der Waals surface area contributed by atoms with E-state index in [1.54, 1.807) is 0 Å². The molecule has 17 heavy (non-hydrogen) atoms. The minimum absolute atomic E-state index is 0.844. The van der Waals surface area contributed by atoms with Crippen molar-refractivity contribution in [3.05, 3.63) is 23.7 Å². The van der Waals surface area contributed by atoms with Gasteiger partial charge in [-0.15, -0.1) is 0 Å². The average Bonchev–Trinajstić information content (AvgIpc) is 2.61. The standard InChI is InChI=1S/C14H24N2O/c1-2-15-11-13-7-8-14(17-13)12-16-9-5-3-4-6-10-16/h7-8,15H,2-6,9-12H2,1H3. The molecule has 3 heteroatoms. The molecule has 2 rings (SSSR count). The number of rotatable bonds is 5. The molecule has 3 nitrogen and oxygen atoms in total. The smallest absolute Gasteiger partial charge is 0.118 e. The van der Waals surface area contributed by atoms with Crippen molar-refractivity contribution in [2.45, 2.75) is 45.7 Å². The van der Waals surface area contributed by atoms with Crippen molar-refractivity contribution < 1.29 is 4.42 Å². The first-order chi connectivity index (χ1) is 8.38. The summed E-state index contributed by atoms with van der Waals surface area (Å²) in [6.45, 7) is 7.37. The third-order valence-electron chi connectivity index (χ3n) is 3.34. The summed E-state index contributed by atoms with van der Waals surface area (Å²) in [5, 5.41) is 3.28. The second-order valence-electron chi connectivity index (χ2n) is 4.84. The summed E-state index contributed by atoms with van der Waals surface area (Å²) in [6, 6.07) is 4.22. The lowest BCUT2D eigenvalue weighted by atomic mass is 10.2. The second-order valence-corrected chi connectivity index (χ2v) is 4.84. The van der Waals surface area contributed by atoms with Gasteiger partial charge in [0.2, 0.25) is 0 Å². The summed E-state index contributed by atoms with van der Waals surface area (Å²) in [5.74, 6) is 2.16. The summed E-state index contributed by atoms with van der Waals surface area (Å²) in [6.07, 6.45) is 5.45. The Bertz CT molecular complexity index is 314. The average molecular weight is 236 g/mol. The molecule has 1 aromatic heterocycles. The van der Waals surface area contributed by atoms with Gasteiger partial charge in [0.25, 0.3) is 0 Å². The monoisotopic (exact) mass is 236 g/mol. The van der Waals surface area contributed by atoms with E-state index in [9.17, 15) is 0 Å². The van der Waals surface area contributed by atoms with Crippen LogP contribution in [0.3, 0.4) is 0 Å². The molecule has 1 saturated heterocycles. The number of likely N-dealkylation sites (tertiary alicyclic amines) is 1. The maximum Gasteiger partial charge on any atom is 0.118 e. The third-order valence-corrected chi connectivity index (χ3v) is 3.34. The van der Waals surface area contributed by atoms with E-state index in [1.165, 1.54) is 38.8 Å². The second kappa shape index (κ2) is 6.82. The molecule has 0 radical (unpaired) electrons. The third kappa shape index (κ3) is 4.17. The van der Waals surface area contributed by atoms with Crippen molar-refractivity contribution in [3.63, 3.8) is 0 Å². The lowest BCUT2D eigenvalue weighted by Crippen LogP contribution is -2.23. The Morgan fingerprint density at radius 3 is 2.53 bits per heavy atom. The Morgan fingerprint density at radius 2 is 1.82 bits per heavy atom. The van der Waals surface area contributed by atoms with Gasteiger partial charge in [0.15, 0.2) is 0 Å². The molecule has 1 aromatic rings. The van der Waals surface area contributed by atoms with Crippen LogP contribution >= 0.6 is 0 Å². The maximum atomic E-state index is 5.83. The minimum atomic E-state index is 0.844. The van der Waals surface area contributed by atoms with Gasteiger partial charge < -0.3 is 9.73 Å². The van der Waals surface area contributed by atoms with Gasteiger partial charge in [-0.1, -0.05) is 19.8 Å². The molecule has 2 heterocycles. The topological polar surface area (TPSA) is 28.4 Å². The molecule has 96 valence electrons. The minimum Gasteiger partial charge on any atom is -0.463 e. The van der Waals surface area contributed by atoms with Crippen LogP contribution in [0.15, 0.2) is 16.5 Å². The molecule has 0 spiro atoms. The Labute approximate surface area is 104 Å². The fourth-order valence-corrected chi connectivity index (χ4v) is 2.37. The van der Waals surface area contributed by atoms with Crippen LogP contribution in [0.4, 0.5) is 0 Å². The van der Waals surface area contributed by atoms with E-state index >= 15 is 0 Å². The first kappa shape index (κ1) is 12.7. The molecule has 0 unspecified atom stereocenters. The highest BCUT2D eigenvalue weighted by molar-refractivity contribution is 5.07. The van der Waals surface area contributed by atoms with E-state index in [0.717, 1.165) is 31.2 Å². The highest BCUT2D eigenvalue weighted by Crippen LogP contribution is 2.15. The van der Waals surface area contributed by atoms with Gasteiger partial charge in [0, 0.05) is 0 Å². The van der Waals surface area contributed by atoms with Crippen LogP contribution in [0.5, 0.6) is 0 Å². The van der Waals surface area contributed by atoms with Gasteiger partial charge in [0.1, 0.15) is 11.5 Å². The lowest BCUT2D eigenvalue weighted by Gasteiger charge is -2.17. The fourth-order valence-electron chi connectivity index (χ4n) is 2.37. The number of nitrogens with one attached hydrogen (secondary N) is 1. The molecular formula is C14H24N2O. The first-order valence-corrected chi connectivity index (χ1v) is 6.89. The zero-order valence-electron chi connectivity index (χ0n) is 10.9. The van der Waals surface area contributed by atoms with Crippen LogP contribution in [0.25, 0.3) is 0 Å². The fraction of sp³-hybridized carbons (Fsp3) is 0.714. The summed E-state index contributed by atoms with van der Waals surface area (Å²) < 4.78 is 5.83. The summed E-state index contributed by atoms with van der Waals surface area (Å²) in [5.41, 5.74) is 0. The van der Waals surface area contributed by atoms with Gasteiger partial charge in [0.05, 0.1) is 13.1 Å². The number of hydrogen-bond donors (Lipinski definition) is 1. The maximum absolute atomic E-state index is 5.83. The number of furan rings is 1. The molecular weight excluding hydrogens is 212 g/mol. The van der Waals surface area contributed by atoms with Gasteiger partial charge in [-0.3, -0.25) is 4.90 Å². The van der Waals surface area contributed by atoms with Crippen molar-refractivity contribution in [3.8, 4) is 0 Å². The van der Waals surface area contributed by atoms with Crippen LogP contribution in [0.1, 0.15) is 44.1 Å². The molecule has 1 fully saturated rings. The van der Waals surface area contributed by atoms with E-state index in [-0.39, 0.29) is 0 Å². The van der Waals surface area contributed by atoms with Crippen LogP contribution in [-0.4, -0.2) is 24.5 Å². The molecule has 0 bridgehead atoms. The van der Waals surface area contributed by atoms with Crippen LogP contribution < -0.4 is 5.32 Å². The van der Waals surface area contributed by atoms with Crippen molar-refractivity contribution in [1.82, 2.24) is 10.2 Å². The van der Waals surface area contributed by atoms with Crippen LogP contribution in [-0.2, 0) is 13.1 Å². The largest absolute Gasteiger partial charge is 0.463 e. The quantitative estimate of drug-likeness (QED) is 0.852. The predicted octanol–water partition coefficient (Wildman–Crippen LogP) is 2.77. The van der Waals surface area contributed by atoms with Crippen molar-refractivity contribution >= 4 is 0 Å². The van der Waals surface area contributed by atoms with Gasteiger partial charge in [-0.2, -0.15) is 0 Å². The zero-order chi connectivity index (χ0) is 11.9. The Kier molecular flexibility index (Phi) is 5.08. The molecule has 0 aliphatic carbocycles. The lowest BCUT2D eigenvalue weighted by molar-refractivity contribution is 0.250. The summed E-state index contributed by atoms with van der Waals surface area (Å²) >= 11 is 0. The van der Waals surface area contributed by atoms with Crippen molar-refractivity contribution in [2.24, 2.45) is 0 Å². The molecule has 0 amide bonds. The van der Waals surface area contributed by atoms with Gasteiger partial charge in [-0.25, -0.2) is 0 Å². The van der Waals surface area contributed by atoms with Gasteiger partial charge >= 0.3 is 0 Å². The normalized spacial score (nSPS) is 18.2. The van der Waals surface area contributed by atoms with Gasteiger partial charge in [-0.05, 0) is 44.6 Å². The van der Waals surface area contributed by atoms with E-state index in [2.05, 4.69) is 29.3 Å². The predicted molar refractivity (Wildman–Crippen MR) is 69.8 cm³/mol. The van der Waals surface area contributed by atoms with Crippen molar-refractivity contribution in [2.75, 3.05) is 19.6 Å². The van der Waals surface area contributed by atoms with E-state index in [0.29, 0.717) is 0 Å². The zero-order valence-corrected chi connectivity index (χ0v) is 10.9. The van der Waals surface area contributed by atoms with E-state index < -0.39 is 0 Å². The van der Waals surface area contributed by atoms with Crippen LogP contribution in [0.2, 0.25) is 0 Å². The molecule has 0 aromatic carbocycles. The number of nitrogens with zero attached hydrogens (tertiary/aromatic N) is 1. The number of hydrogen-bond acceptors (Lipinski definition) is 3. The van der Waals surface area contributed by atoms with E-state index in [4.69, 9.17) is 4.42 Å². The van der Waals surface area contributed by atoms with Crippen molar-refractivity contribution in [1.29, 1.82) is 0 Å². The van der Waals surface area contributed by atoms with E-state index in [1.807, 2.05) is 0 Å². The summed E-state index contributed by atoms with van der Waals surface area (Å²) in [7, 11) is 0. The Balaban J connectivity index is 1.82. The Morgan fingerprint density at radius 1 is 1.12 bits per heavy atom. The highest BCUT2D eigenvalue weighted by atomic mass is 16.3. The molecule has 0 atom stereocenters. The molecule has 1 aliphatic rings. The molecule has 0 saturated carbocycles. The van der Waals surface area contributed by atoms with Crippen LogP contribution in [0, 0.1) is 0 Å². The Hall–Kier alpha value is -0.800.